The van der Waals surface area contributed by atoms with Gasteiger partial charge in [0.15, 0.2) is 0 Å². The number of anilines is 1. The topological polar surface area (TPSA) is 96.2 Å². The van der Waals surface area contributed by atoms with E-state index in [1.54, 1.807) is 43.7 Å². The number of aromatic carboxylic acids is 1. The van der Waals surface area contributed by atoms with Crippen molar-refractivity contribution in [1.82, 2.24) is 15.1 Å². The Bertz CT molecular complexity index is 634. The zero-order valence-corrected chi connectivity index (χ0v) is 11.5. The lowest BCUT2D eigenvalue weighted by atomic mass is 10.1. The average Bonchev–Trinajstić information content (AvgIpc) is 2.93. The molecular weight excluding hydrogens is 272 g/mol. The quantitative estimate of drug-likeness (QED) is 0.735. The maximum atomic E-state index is 11.2. The van der Waals surface area contributed by atoms with Crippen LogP contribution in [0.5, 0.6) is 0 Å². The summed E-state index contributed by atoms with van der Waals surface area (Å²) in [4.78, 5) is 22.0. The van der Waals surface area contributed by atoms with E-state index in [4.69, 9.17) is 5.11 Å². The number of carboxylic acid groups (broad SMARTS) is 1. The molecule has 1 amide bonds. The van der Waals surface area contributed by atoms with Crippen molar-refractivity contribution >= 4 is 17.6 Å². The van der Waals surface area contributed by atoms with Crippen LogP contribution in [0.2, 0.25) is 0 Å². The molecule has 0 aliphatic heterocycles. The SMILES string of the molecule is CNC(=O)Cn1cc(NCc2ccc(C(=O)O)cc2)cn1. The molecule has 1 aromatic carbocycles. The van der Waals surface area contributed by atoms with Crippen molar-refractivity contribution in [2.24, 2.45) is 0 Å². The van der Waals surface area contributed by atoms with Crippen molar-refractivity contribution in [3.05, 3.63) is 47.8 Å². The van der Waals surface area contributed by atoms with Crippen LogP contribution in [0.15, 0.2) is 36.7 Å². The van der Waals surface area contributed by atoms with Crippen LogP contribution in [0.1, 0.15) is 15.9 Å². The highest BCUT2D eigenvalue weighted by atomic mass is 16.4. The second-order valence-electron chi connectivity index (χ2n) is 4.46. The number of aromatic nitrogens is 2. The number of amides is 1. The number of carbonyl (C=O) groups is 2. The first-order chi connectivity index (χ1) is 10.1. The molecule has 7 heteroatoms. The third kappa shape index (κ3) is 4.07. The van der Waals surface area contributed by atoms with Gasteiger partial charge in [0.1, 0.15) is 6.54 Å². The second kappa shape index (κ2) is 6.56. The zero-order chi connectivity index (χ0) is 15.2. The summed E-state index contributed by atoms with van der Waals surface area (Å²) in [7, 11) is 1.58. The lowest BCUT2D eigenvalue weighted by Crippen LogP contribution is -2.23. The van der Waals surface area contributed by atoms with Crippen LogP contribution in [0, 0.1) is 0 Å². The van der Waals surface area contributed by atoms with Crippen molar-refractivity contribution in [3.63, 3.8) is 0 Å². The van der Waals surface area contributed by atoms with Gasteiger partial charge in [-0.1, -0.05) is 12.1 Å². The second-order valence-corrected chi connectivity index (χ2v) is 4.46. The molecule has 0 aliphatic carbocycles. The van der Waals surface area contributed by atoms with Crippen LogP contribution >= 0.6 is 0 Å². The van der Waals surface area contributed by atoms with Gasteiger partial charge >= 0.3 is 5.97 Å². The fraction of sp³-hybridized carbons (Fsp3) is 0.214. The number of carboxylic acids is 1. The molecule has 21 heavy (non-hydrogen) atoms. The Balaban J connectivity index is 1.90. The van der Waals surface area contributed by atoms with Crippen LogP contribution < -0.4 is 10.6 Å². The Morgan fingerprint density at radius 3 is 2.62 bits per heavy atom. The predicted octanol–water partition coefficient (Wildman–Crippen LogP) is 0.939. The molecule has 7 nitrogen and oxygen atoms in total. The standard InChI is InChI=1S/C14H16N4O3/c1-15-13(19)9-18-8-12(7-17-18)16-6-10-2-4-11(5-3-10)14(20)21/h2-5,7-8,16H,6,9H2,1H3,(H,15,19)(H,20,21). The lowest BCUT2D eigenvalue weighted by molar-refractivity contribution is -0.121. The molecular formula is C14H16N4O3. The lowest BCUT2D eigenvalue weighted by Gasteiger charge is -2.04. The van der Waals surface area contributed by atoms with Gasteiger partial charge < -0.3 is 15.7 Å². The maximum absolute atomic E-state index is 11.2. The molecule has 0 spiro atoms. The Morgan fingerprint density at radius 1 is 1.29 bits per heavy atom. The molecule has 3 N–H and O–H groups in total. The van der Waals surface area contributed by atoms with Gasteiger partial charge in [-0.15, -0.1) is 0 Å². The minimum absolute atomic E-state index is 0.117. The fourth-order valence-corrected chi connectivity index (χ4v) is 1.74. The summed E-state index contributed by atoms with van der Waals surface area (Å²) in [5.41, 5.74) is 2.01. The van der Waals surface area contributed by atoms with Crippen LogP contribution in [0.4, 0.5) is 5.69 Å². The third-order valence-corrected chi connectivity index (χ3v) is 2.92. The Kier molecular flexibility index (Phi) is 4.55. The molecule has 0 saturated carbocycles. The molecule has 0 atom stereocenters. The number of hydrogen-bond acceptors (Lipinski definition) is 4. The van der Waals surface area contributed by atoms with E-state index in [-0.39, 0.29) is 18.0 Å². The fourth-order valence-electron chi connectivity index (χ4n) is 1.74. The summed E-state index contributed by atoms with van der Waals surface area (Å²) < 4.78 is 1.54. The zero-order valence-electron chi connectivity index (χ0n) is 11.5. The first kappa shape index (κ1) is 14.6. The van der Waals surface area contributed by atoms with Gasteiger partial charge in [-0.3, -0.25) is 9.48 Å². The van der Waals surface area contributed by atoms with E-state index in [1.807, 2.05) is 0 Å². The first-order valence-electron chi connectivity index (χ1n) is 6.37. The van der Waals surface area contributed by atoms with Crippen LogP contribution in [0.25, 0.3) is 0 Å². The molecule has 0 saturated heterocycles. The number of nitrogens with zero attached hydrogens (tertiary/aromatic N) is 2. The monoisotopic (exact) mass is 288 g/mol. The van der Waals surface area contributed by atoms with Crippen molar-refractivity contribution < 1.29 is 14.7 Å². The number of hydrogen-bond donors (Lipinski definition) is 3. The summed E-state index contributed by atoms with van der Waals surface area (Å²) in [6.07, 6.45) is 3.37. The number of benzene rings is 1. The van der Waals surface area contributed by atoms with E-state index in [1.165, 1.54) is 4.68 Å². The molecule has 1 aromatic heterocycles. The maximum Gasteiger partial charge on any atom is 0.335 e. The van der Waals surface area contributed by atoms with Crippen molar-refractivity contribution in [2.75, 3.05) is 12.4 Å². The van der Waals surface area contributed by atoms with Gasteiger partial charge in [0.25, 0.3) is 0 Å². The number of nitrogens with one attached hydrogen (secondary N) is 2. The van der Waals surface area contributed by atoms with Gasteiger partial charge in [-0.05, 0) is 17.7 Å². The van der Waals surface area contributed by atoms with E-state index in [0.717, 1.165) is 11.3 Å². The van der Waals surface area contributed by atoms with Gasteiger partial charge in [-0.2, -0.15) is 5.10 Å². The normalized spacial score (nSPS) is 10.1. The van der Waals surface area contributed by atoms with Crippen LogP contribution in [-0.4, -0.2) is 33.8 Å². The number of likely N-dealkylation sites (N-methyl/N-ethyl adjacent to an activating group) is 1. The average molecular weight is 288 g/mol. The molecule has 0 aliphatic rings. The highest BCUT2D eigenvalue weighted by Crippen LogP contribution is 2.09. The van der Waals surface area contributed by atoms with Crippen molar-refractivity contribution in [3.8, 4) is 0 Å². The Labute approximate surface area is 121 Å². The molecule has 0 radical (unpaired) electrons. The number of rotatable bonds is 6. The van der Waals surface area contributed by atoms with Crippen LogP contribution in [-0.2, 0) is 17.9 Å². The molecule has 0 fully saturated rings. The van der Waals surface area contributed by atoms with Gasteiger partial charge in [0.05, 0.1) is 17.4 Å². The van der Waals surface area contributed by atoms with Crippen molar-refractivity contribution in [1.29, 1.82) is 0 Å². The first-order valence-corrected chi connectivity index (χ1v) is 6.37. The highest BCUT2D eigenvalue weighted by molar-refractivity contribution is 5.87. The molecule has 0 bridgehead atoms. The highest BCUT2D eigenvalue weighted by Gasteiger charge is 2.04. The third-order valence-electron chi connectivity index (χ3n) is 2.92. The molecule has 2 aromatic rings. The summed E-state index contributed by atoms with van der Waals surface area (Å²) in [6.45, 7) is 0.719. The summed E-state index contributed by atoms with van der Waals surface area (Å²) in [5, 5.41) is 18.6. The van der Waals surface area contributed by atoms with E-state index >= 15 is 0 Å². The molecule has 0 unspecified atom stereocenters. The molecule has 110 valence electrons. The van der Waals surface area contributed by atoms with Crippen molar-refractivity contribution in [2.45, 2.75) is 13.1 Å². The summed E-state index contributed by atoms with van der Waals surface area (Å²) in [5.74, 6) is -1.06. The Hall–Kier alpha value is -2.83. The Morgan fingerprint density at radius 2 is 2.00 bits per heavy atom. The van der Waals surface area contributed by atoms with E-state index in [2.05, 4.69) is 15.7 Å². The summed E-state index contributed by atoms with van der Waals surface area (Å²) in [6, 6.07) is 6.64. The smallest absolute Gasteiger partial charge is 0.335 e. The van der Waals surface area contributed by atoms with Gasteiger partial charge in [0, 0.05) is 19.8 Å². The molecule has 2 rings (SSSR count). The van der Waals surface area contributed by atoms with E-state index in [0.29, 0.717) is 6.54 Å². The van der Waals surface area contributed by atoms with E-state index < -0.39 is 5.97 Å². The predicted molar refractivity (Wildman–Crippen MR) is 77.0 cm³/mol. The van der Waals surface area contributed by atoms with Gasteiger partial charge in [0.2, 0.25) is 5.91 Å². The van der Waals surface area contributed by atoms with Gasteiger partial charge in [-0.25, -0.2) is 4.79 Å². The largest absolute Gasteiger partial charge is 0.478 e. The number of carbonyl (C=O) groups excluding carboxylic acids is 1. The minimum Gasteiger partial charge on any atom is -0.478 e. The molecule has 1 heterocycles. The van der Waals surface area contributed by atoms with E-state index in [9.17, 15) is 9.59 Å². The van der Waals surface area contributed by atoms with Crippen LogP contribution in [0.3, 0.4) is 0 Å². The minimum atomic E-state index is -0.940. The summed E-state index contributed by atoms with van der Waals surface area (Å²) >= 11 is 0.